The first-order valence-corrected chi connectivity index (χ1v) is 11.5. The Bertz CT molecular complexity index is 1080. The molecule has 0 fully saturated rings. The van der Waals surface area contributed by atoms with Crippen LogP contribution in [-0.2, 0) is 17.8 Å². The fourth-order valence-electron chi connectivity index (χ4n) is 3.23. The maximum absolute atomic E-state index is 13.0. The van der Waals surface area contributed by atoms with Gasteiger partial charge in [-0.3, -0.25) is 14.2 Å². The Hall–Kier alpha value is -2.80. The zero-order chi connectivity index (χ0) is 22.2. The number of unbranched alkanes of at least 4 members (excludes halogenated alkanes) is 1. The van der Waals surface area contributed by atoms with E-state index in [2.05, 4.69) is 17.2 Å². The molecule has 1 N–H and O–H groups in total. The van der Waals surface area contributed by atoms with E-state index >= 15 is 0 Å². The molecule has 0 saturated heterocycles. The highest BCUT2D eigenvalue weighted by molar-refractivity contribution is 8.00. The number of hydrogen-bond donors (Lipinski definition) is 1. The minimum absolute atomic E-state index is 0.0475. The Morgan fingerprint density at radius 3 is 2.65 bits per heavy atom. The molecule has 0 aliphatic carbocycles. The van der Waals surface area contributed by atoms with Gasteiger partial charge >= 0.3 is 0 Å². The Labute approximate surface area is 187 Å². The number of nitrogens with zero attached hydrogens (tertiary/aromatic N) is 2. The van der Waals surface area contributed by atoms with Gasteiger partial charge in [0, 0.05) is 13.1 Å². The highest BCUT2D eigenvalue weighted by Crippen LogP contribution is 2.23. The van der Waals surface area contributed by atoms with Gasteiger partial charge in [-0.25, -0.2) is 4.98 Å². The van der Waals surface area contributed by atoms with Crippen molar-refractivity contribution in [2.45, 2.75) is 50.1 Å². The van der Waals surface area contributed by atoms with Gasteiger partial charge in [0.2, 0.25) is 5.91 Å². The van der Waals surface area contributed by atoms with Gasteiger partial charge in [0.25, 0.3) is 5.56 Å². The van der Waals surface area contributed by atoms with E-state index in [0.29, 0.717) is 29.1 Å². The second kappa shape index (κ2) is 11.0. The number of amides is 1. The van der Waals surface area contributed by atoms with Gasteiger partial charge in [-0.1, -0.05) is 49.4 Å². The summed E-state index contributed by atoms with van der Waals surface area (Å²) in [7, 11) is 1.64. The Morgan fingerprint density at radius 2 is 1.94 bits per heavy atom. The number of rotatable bonds is 10. The van der Waals surface area contributed by atoms with Crippen LogP contribution < -0.4 is 15.6 Å². The van der Waals surface area contributed by atoms with Gasteiger partial charge in [-0.15, -0.1) is 0 Å². The molecule has 2 aromatic carbocycles. The monoisotopic (exact) mass is 439 g/mol. The van der Waals surface area contributed by atoms with E-state index in [1.165, 1.54) is 11.8 Å². The van der Waals surface area contributed by atoms with Crippen LogP contribution in [0.3, 0.4) is 0 Å². The molecule has 164 valence electrons. The van der Waals surface area contributed by atoms with E-state index in [1.54, 1.807) is 17.7 Å². The lowest BCUT2D eigenvalue weighted by Crippen LogP contribution is -2.33. The quantitative estimate of drug-likeness (QED) is 0.381. The summed E-state index contributed by atoms with van der Waals surface area (Å²) in [6.07, 6.45) is 2.60. The summed E-state index contributed by atoms with van der Waals surface area (Å²) in [6.45, 7) is 5.08. The Balaban J connectivity index is 1.67. The van der Waals surface area contributed by atoms with E-state index in [9.17, 15) is 9.59 Å². The number of aromatic nitrogens is 2. The molecule has 0 aliphatic rings. The van der Waals surface area contributed by atoms with Crippen LogP contribution in [0.1, 0.15) is 32.3 Å². The third-order valence-electron chi connectivity index (χ3n) is 5.09. The van der Waals surface area contributed by atoms with Crippen molar-refractivity contribution in [3.8, 4) is 5.75 Å². The number of thioether (sulfide) groups is 1. The molecule has 0 radical (unpaired) electrons. The number of carbonyl (C=O) groups is 1. The number of fused-ring (bicyclic) bond motifs is 1. The van der Waals surface area contributed by atoms with Gasteiger partial charge in [0.15, 0.2) is 5.16 Å². The van der Waals surface area contributed by atoms with Crippen LogP contribution in [0.4, 0.5) is 0 Å². The molecule has 1 aromatic heterocycles. The van der Waals surface area contributed by atoms with E-state index < -0.39 is 0 Å². The first-order valence-electron chi connectivity index (χ1n) is 10.6. The van der Waals surface area contributed by atoms with Gasteiger partial charge in [-0.2, -0.15) is 0 Å². The zero-order valence-corrected chi connectivity index (χ0v) is 19.1. The highest BCUT2D eigenvalue weighted by Gasteiger charge is 2.19. The van der Waals surface area contributed by atoms with Crippen molar-refractivity contribution in [2.75, 3.05) is 13.7 Å². The summed E-state index contributed by atoms with van der Waals surface area (Å²) in [6, 6.07) is 15.2. The molecular formula is C24H29N3O3S. The molecule has 0 aliphatic heterocycles. The molecule has 7 heteroatoms. The van der Waals surface area contributed by atoms with E-state index in [0.717, 1.165) is 30.6 Å². The lowest BCUT2D eigenvalue weighted by molar-refractivity contribution is -0.120. The summed E-state index contributed by atoms with van der Waals surface area (Å²) >= 11 is 1.33. The summed E-state index contributed by atoms with van der Waals surface area (Å²) in [4.78, 5) is 30.3. The lowest BCUT2D eigenvalue weighted by atomic mass is 10.1. The summed E-state index contributed by atoms with van der Waals surface area (Å²) < 4.78 is 6.87. The van der Waals surface area contributed by atoms with Crippen LogP contribution in [-0.4, -0.2) is 34.4 Å². The minimum atomic E-state index is -0.364. The topological polar surface area (TPSA) is 73.2 Å². The number of ether oxygens (including phenoxy) is 1. The van der Waals surface area contributed by atoms with Gasteiger partial charge in [0.1, 0.15) is 5.75 Å². The number of carbonyl (C=O) groups excluding carboxylic acids is 1. The smallest absolute Gasteiger partial charge is 0.262 e. The lowest BCUT2D eigenvalue weighted by Gasteiger charge is -2.16. The number of methoxy groups -OCH3 is 1. The average Bonchev–Trinajstić information content (AvgIpc) is 2.79. The molecule has 1 heterocycles. The summed E-state index contributed by atoms with van der Waals surface area (Å²) in [5.74, 6) is 0.748. The number of para-hydroxylation sites is 1. The van der Waals surface area contributed by atoms with Crippen molar-refractivity contribution in [3.63, 3.8) is 0 Å². The number of benzene rings is 2. The minimum Gasteiger partial charge on any atom is -0.497 e. The van der Waals surface area contributed by atoms with Gasteiger partial charge in [-0.05, 0) is 49.6 Å². The van der Waals surface area contributed by atoms with Crippen molar-refractivity contribution in [2.24, 2.45) is 0 Å². The normalized spacial score (nSPS) is 12.0. The van der Waals surface area contributed by atoms with Crippen LogP contribution >= 0.6 is 11.8 Å². The highest BCUT2D eigenvalue weighted by atomic mass is 32.2. The van der Waals surface area contributed by atoms with Crippen LogP contribution in [0, 0.1) is 0 Å². The predicted octanol–water partition coefficient (Wildman–Crippen LogP) is 4.04. The average molecular weight is 440 g/mol. The molecule has 3 aromatic rings. The molecule has 3 rings (SSSR count). The predicted molar refractivity (Wildman–Crippen MR) is 126 cm³/mol. The Kier molecular flexibility index (Phi) is 8.12. The third-order valence-corrected chi connectivity index (χ3v) is 6.18. The van der Waals surface area contributed by atoms with E-state index in [-0.39, 0.29) is 16.7 Å². The third kappa shape index (κ3) is 5.88. The standard InChI is InChI=1S/C24H29N3O3S/c1-4-5-16-27-23(29)20-8-6-7-9-21(20)26-24(27)31-17(2)22(28)25-15-14-18-10-12-19(30-3)13-11-18/h6-13,17H,4-5,14-16H2,1-3H3,(H,25,28). The fraction of sp³-hybridized carbons (Fsp3) is 0.375. The van der Waals surface area contributed by atoms with E-state index in [4.69, 9.17) is 4.74 Å². The second-order valence-electron chi connectivity index (χ2n) is 7.37. The van der Waals surface area contributed by atoms with Crippen LogP contribution in [0.15, 0.2) is 58.5 Å². The van der Waals surface area contributed by atoms with Crippen molar-refractivity contribution in [3.05, 3.63) is 64.4 Å². The van der Waals surface area contributed by atoms with Crippen LogP contribution in [0.5, 0.6) is 5.75 Å². The summed E-state index contributed by atoms with van der Waals surface area (Å²) in [5.41, 5.74) is 1.74. The molecule has 1 amide bonds. The molecule has 0 spiro atoms. The molecule has 6 nitrogen and oxygen atoms in total. The maximum atomic E-state index is 13.0. The molecule has 31 heavy (non-hydrogen) atoms. The van der Waals surface area contributed by atoms with Crippen molar-refractivity contribution >= 4 is 28.6 Å². The van der Waals surface area contributed by atoms with Crippen LogP contribution in [0.2, 0.25) is 0 Å². The van der Waals surface area contributed by atoms with E-state index in [1.807, 2.05) is 49.4 Å². The van der Waals surface area contributed by atoms with Crippen LogP contribution in [0.25, 0.3) is 10.9 Å². The first kappa shape index (κ1) is 22.9. The summed E-state index contributed by atoms with van der Waals surface area (Å²) in [5, 5.41) is 3.83. The second-order valence-corrected chi connectivity index (χ2v) is 8.68. The van der Waals surface area contributed by atoms with Crippen molar-refractivity contribution in [1.82, 2.24) is 14.9 Å². The number of nitrogens with one attached hydrogen (secondary N) is 1. The molecular weight excluding hydrogens is 410 g/mol. The van der Waals surface area contributed by atoms with Crippen molar-refractivity contribution in [1.29, 1.82) is 0 Å². The number of hydrogen-bond acceptors (Lipinski definition) is 5. The SMILES string of the molecule is CCCCn1c(SC(C)C(=O)NCCc2ccc(OC)cc2)nc2ccccc2c1=O. The largest absolute Gasteiger partial charge is 0.497 e. The molecule has 1 atom stereocenters. The van der Waals surface area contributed by atoms with Crippen molar-refractivity contribution < 1.29 is 9.53 Å². The fourth-order valence-corrected chi connectivity index (χ4v) is 4.19. The molecule has 0 saturated carbocycles. The maximum Gasteiger partial charge on any atom is 0.262 e. The van der Waals surface area contributed by atoms with Gasteiger partial charge in [0.05, 0.1) is 23.3 Å². The molecule has 1 unspecified atom stereocenters. The first-order chi connectivity index (χ1) is 15.0. The Morgan fingerprint density at radius 1 is 1.19 bits per heavy atom. The van der Waals surface area contributed by atoms with Gasteiger partial charge < -0.3 is 10.1 Å². The zero-order valence-electron chi connectivity index (χ0n) is 18.3. The molecule has 0 bridgehead atoms.